The van der Waals surface area contributed by atoms with Gasteiger partial charge >= 0.3 is 5.69 Å². The molecule has 0 unspecified atom stereocenters. The lowest BCUT2D eigenvalue weighted by Gasteiger charge is -2.11. The molecule has 0 aliphatic heterocycles. The van der Waals surface area contributed by atoms with Gasteiger partial charge in [0.25, 0.3) is 0 Å². The SMILES string of the molecule is COc1cc(OCc2ccc(Oc3ccc(F)c(C)c3)c(C#N)c2)[nH]c(=O)n1. The Bertz CT molecular complexity index is 1110. The van der Waals surface area contributed by atoms with Gasteiger partial charge < -0.3 is 14.2 Å². The third-order valence-electron chi connectivity index (χ3n) is 3.82. The molecule has 0 saturated carbocycles. The van der Waals surface area contributed by atoms with Crippen molar-refractivity contribution in [1.82, 2.24) is 9.97 Å². The third-order valence-corrected chi connectivity index (χ3v) is 3.82. The standard InChI is InChI=1S/C20H16FN3O4/c1-12-7-15(4-5-16(12)21)28-17-6-3-13(8-14(17)10-22)11-27-19-9-18(26-2)23-20(25)24-19/h3-9H,11H2,1-2H3,(H,23,24,25). The second-order valence-corrected chi connectivity index (χ2v) is 5.84. The van der Waals surface area contributed by atoms with Crippen molar-refractivity contribution in [3.05, 3.63) is 75.5 Å². The summed E-state index contributed by atoms with van der Waals surface area (Å²) in [7, 11) is 1.39. The number of aromatic amines is 1. The van der Waals surface area contributed by atoms with E-state index in [1.165, 1.54) is 25.3 Å². The fraction of sp³-hybridized carbons (Fsp3) is 0.150. The summed E-state index contributed by atoms with van der Waals surface area (Å²) < 4.78 is 29.5. The molecule has 1 heterocycles. The van der Waals surface area contributed by atoms with Crippen LogP contribution in [0.4, 0.5) is 4.39 Å². The zero-order valence-electron chi connectivity index (χ0n) is 15.2. The summed E-state index contributed by atoms with van der Waals surface area (Å²) in [6, 6.07) is 12.8. The van der Waals surface area contributed by atoms with E-state index in [-0.39, 0.29) is 24.2 Å². The Hall–Kier alpha value is -3.86. The molecule has 7 nitrogen and oxygen atoms in total. The van der Waals surface area contributed by atoms with Crippen molar-refractivity contribution in [3.8, 4) is 29.3 Å². The summed E-state index contributed by atoms with van der Waals surface area (Å²) >= 11 is 0. The van der Waals surface area contributed by atoms with Crippen LogP contribution in [0.5, 0.6) is 23.3 Å². The highest BCUT2D eigenvalue weighted by atomic mass is 19.1. The second kappa shape index (κ2) is 8.22. The highest BCUT2D eigenvalue weighted by Crippen LogP contribution is 2.27. The minimum absolute atomic E-state index is 0.105. The number of methoxy groups -OCH3 is 1. The van der Waals surface area contributed by atoms with Crippen LogP contribution >= 0.6 is 0 Å². The summed E-state index contributed by atoms with van der Waals surface area (Å²) in [5.41, 5.74) is 0.841. The number of rotatable bonds is 6. The first kappa shape index (κ1) is 18.9. The predicted molar refractivity (Wildman–Crippen MR) is 98.1 cm³/mol. The maximum atomic E-state index is 13.4. The number of nitriles is 1. The molecule has 1 aromatic heterocycles. The quantitative estimate of drug-likeness (QED) is 0.702. The van der Waals surface area contributed by atoms with E-state index in [2.05, 4.69) is 16.0 Å². The normalized spacial score (nSPS) is 10.2. The molecule has 2 aromatic carbocycles. The molecule has 0 fully saturated rings. The number of ether oxygens (including phenoxy) is 3. The van der Waals surface area contributed by atoms with E-state index in [1.807, 2.05) is 0 Å². The minimum atomic E-state index is -0.592. The van der Waals surface area contributed by atoms with Crippen LogP contribution < -0.4 is 19.9 Å². The van der Waals surface area contributed by atoms with Crippen LogP contribution in [0.2, 0.25) is 0 Å². The first-order valence-corrected chi connectivity index (χ1v) is 8.23. The van der Waals surface area contributed by atoms with Crippen LogP contribution in [0.15, 0.2) is 47.3 Å². The predicted octanol–water partition coefficient (Wildman–Crippen LogP) is 3.47. The van der Waals surface area contributed by atoms with Crippen molar-refractivity contribution >= 4 is 0 Å². The number of H-pyrrole nitrogens is 1. The van der Waals surface area contributed by atoms with Gasteiger partial charge in [0.2, 0.25) is 11.8 Å². The Morgan fingerprint density at radius 3 is 2.75 bits per heavy atom. The van der Waals surface area contributed by atoms with Gasteiger partial charge in [0.1, 0.15) is 30.0 Å². The maximum Gasteiger partial charge on any atom is 0.351 e. The summed E-state index contributed by atoms with van der Waals surface area (Å²) in [5.74, 6) is 0.774. The Kier molecular flexibility index (Phi) is 5.56. The number of benzene rings is 2. The van der Waals surface area contributed by atoms with Crippen LogP contribution in [-0.4, -0.2) is 17.1 Å². The maximum absolute atomic E-state index is 13.4. The van der Waals surface area contributed by atoms with Crippen LogP contribution in [0.1, 0.15) is 16.7 Å². The van der Waals surface area contributed by atoms with E-state index < -0.39 is 5.69 Å². The summed E-state index contributed by atoms with van der Waals surface area (Å²) in [4.78, 5) is 17.5. The number of aryl methyl sites for hydroxylation is 1. The smallest absolute Gasteiger partial charge is 0.351 e. The molecule has 0 atom stereocenters. The average Bonchev–Trinajstić information content (AvgIpc) is 2.69. The number of nitrogens with zero attached hydrogens (tertiary/aromatic N) is 2. The van der Waals surface area contributed by atoms with E-state index in [0.717, 1.165) is 0 Å². The Morgan fingerprint density at radius 1 is 1.21 bits per heavy atom. The molecule has 142 valence electrons. The highest BCUT2D eigenvalue weighted by molar-refractivity contribution is 5.47. The van der Waals surface area contributed by atoms with E-state index in [1.54, 1.807) is 31.2 Å². The summed E-state index contributed by atoms with van der Waals surface area (Å²) in [6.45, 7) is 1.74. The fourth-order valence-electron chi connectivity index (χ4n) is 2.41. The molecule has 28 heavy (non-hydrogen) atoms. The molecule has 0 radical (unpaired) electrons. The van der Waals surface area contributed by atoms with Crippen molar-refractivity contribution in [1.29, 1.82) is 5.26 Å². The van der Waals surface area contributed by atoms with Crippen molar-refractivity contribution in [2.45, 2.75) is 13.5 Å². The molecule has 8 heteroatoms. The monoisotopic (exact) mass is 381 g/mol. The largest absolute Gasteiger partial charge is 0.481 e. The van der Waals surface area contributed by atoms with Crippen molar-refractivity contribution in [3.63, 3.8) is 0 Å². The molecule has 0 saturated heterocycles. The molecular formula is C20H16FN3O4. The van der Waals surface area contributed by atoms with E-state index in [0.29, 0.717) is 28.2 Å². The van der Waals surface area contributed by atoms with Gasteiger partial charge in [0.15, 0.2) is 0 Å². The topological polar surface area (TPSA) is 97.2 Å². The Balaban J connectivity index is 1.76. The lowest BCUT2D eigenvalue weighted by atomic mass is 10.1. The van der Waals surface area contributed by atoms with Crippen LogP contribution in [0, 0.1) is 24.1 Å². The van der Waals surface area contributed by atoms with Gasteiger partial charge in [-0.05, 0) is 48.4 Å². The minimum Gasteiger partial charge on any atom is -0.481 e. The van der Waals surface area contributed by atoms with E-state index >= 15 is 0 Å². The van der Waals surface area contributed by atoms with Gasteiger partial charge in [-0.3, -0.25) is 4.98 Å². The lowest BCUT2D eigenvalue weighted by Crippen LogP contribution is -2.12. The molecular weight excluding hydrogens is 365 g/mol. The number of nitrogens with one attached hydrogen (secondary N) is 1. The Morgan fingerprint density at radius 2 is 2.04 bits per heavy atom. The van der Waals surface area contributed by atoms with E-state index in [9.17, 15) is 14.4 Å². The van der Waals surface area contributed by atoms with Gasteiger partial charge in [0, 0.05) is 0 Å². The Labute approximate surface area is 160 Å². The zero-order valence-corrected chi connectivity index (χ0v) is 15.2. The second-order valence-electron chi connectivity index (χ2n) is 5.84. The van der Waals surface area contributed by atoms with Crippen LogP contribution in [-0.2, 0) is 6.61 Å². The molecule has 0 aliphatic carbocycles. The van der Waals surface area contributed by atoms with Gasteiger partial charge in [0.05, 0.1) is 18.7 Å². The molecule has 3 aromatic rings. The van der Waals surface area contributed by atoms with Gasteiger partial charge in [-0.15, -0.1) is 0 Å². The van der Waals surface area contributed by atoms with Crippen molar-refractivity contribution in [2.24, 2.45) is 0 Å². The van der Waals surface area contributed by atoms with E-state index in [4.69, 9.17) is 14.2 Å². The molecule has 0 bridgehead atoms. The number of hydrogen-bond acceptors (Lipinski definition) is 6. The number of aromatic nitrogens is 2. The first-order valence-electron chi connectivity index (χ1n) is 8.23. The molecule has 0 amide bonds. The molecule has 3 rings (SSSR count). The third kappa shape index (κ3) is 4.45. The summed E-state index contributed by atoms with van der Waals surface area (Å²) in [6.07, 6.45) is 0. The van der Waals surface area contributed by atoms with Crippen LogP contribution in [0.3, 0.4) is 0 Å². The molecule has 0 spiro atoms. The zero-order chi connectivity index (χ0) is 20.1. The molecule has 0 aliphatic rings. The van der Waals surface area contributed by atoms with Crippen molar-refractivity contribution < 1.29 is 18.6 Å². The lowest BCUT2D eigenvalue weighted by molar-refractivity contribution is 0.288. The van der Waals surface area contributed by atoms with Crippen LogP contribution in [0.25, 0.3) is 0 Å². The van der Waals surface area contributed by atoms with Gasteiger partial charge in [-0.25, -0.2) is 9.18 Å². The van der Waals surface area contributed by atoms with Gasteiger partial charge in [-0.1, -0.05) is 6.07 Å². The van der Waals surface area contributed by atoms with Crippen molar-refractivity contribution in [2.75, 3.05) is 7.11 Å². The fourth-order valence-corrected chi connectivity index (χ4v) is 2.41. The number of hydrogen-bond donors (Lipinski definition) is 1. The summed E-state index contributed by atoms with van der Waals surface area (Å²) in [5, 5.41) is 9.41. The highest BCUT2D eigenvalue weighted by Gasteiger charge is 2.09. The van der Waals surface area contributed by atoms with Gasteiger partial charge in [-0.2, -0.15) is 10.2 Å². The molecule has 1 N–H and O–H groups in total. The first-order chi connectivity index (χ1) is 13.5. The number of halogens is 1. The average molecular weight is 381 g/mol.